The fourth-order valence-corrected chi connectivity index (χ4v) is 5.71. The topological polar surface area (TPSA) is 57.5 Å². The van der Waals surface area contributed by atoms with Gasteiger partial charge >= 0.3 is 0 Å². The van der Waals surface area contributed by atoms with Gasteiger partial charge in [0.15, 0.2) is 5.76 Å². The zero-order valence-corrected chi connectivity index (χ0v) is 13.2. The molecule has 0 bridgehead atoms. The van der Waals surface area contributed by atoms with Gasteiger partial charge in [-0.15, -0.1) is 0 Å². The maximum Gasteiger partial charge on any atom is 0.220 e. The monoisotopic (exact) mass is 300 g/mol. The van der Waals surface area contributed by atoms with Crippen LogP contribution in [0.5, 0.6) is 0 Å². The molecule has 22 heavy (non-hydrogen) atoms. The van der Waals surface area contributed by atoms with Crippen LogP contribution < -0.4 is 0 Å². The molecule has 118 valence electrons. The number of ketones is 1. The Morgan fingerprint density at radius 2 is 1.95 bits per heavy atom. The average Bonchev–Trinajstić information content (AvgIpc) is 2.77. The summed E-state index contributed by atoms with van der Waals surface area (Å²) in [7, 11) is 0. The van der Waals surface area contributed by atoms with E-state index in [0.717, 1.165) is 31.3 Å². The number of rotatable bonds is 0. The zero-order chi connectivity index (χ0) is 15.7. The maximum atomic E-state index is 11.8. The van der Waals surface area contributed by atoms with E-state index in [0.29, 0.717) is 17.8 Å². The summed E-state index contributed by atoms with van der Waals surface area (Å²) < 4.78 is 0. The van der Waals surface area contributed by atoms with Gasteiger partial charge in [0.1, 0.15) is 0 Å². The van der Waals surface area contributed by atoms with Gasteiger partial charge in [0.25, 0.3) is 0 Å². The van der Waals surface area contributed by atoms with Crippen molar-refractivity contribution in [2.75, 3.05) is 0 Å². The van der Waals surface area contributed by atoms with Crippen LogP contribution in [0.25, 0.3) is 0 Å². The number of aliphatic hydroxyl groups is 2. The number of aliphatic hydroxyl groups excluding tert-OH is 2. The van der Waals surface area contributed by atoms with Crippen LogP contribution in [-0.2, 0) is 4.79 Å². The summed E-state index contributed by atoms with van der Waals surface area (Å²) in [6, 6.07) is 0. The minimum absolute atomic E-state index is 0.0271. The van der Waals surface area contributed by atoms with Gasteiger partial charge in [-0.2, -0.15) is 0 Å². The summed E-state index contributed by atoms with van der Waals surface area (Å²) >= 11 is 0. The Morgan fingerprint density at radius 3 is 2.73 bits per heavy atom. The van der Waals surface area contributed by atoms with E-state index in [1.54, 1.807) is 12.2 Å². The van der Waals surface area contributed by atoms with E-state index in [1.165, 1.54) is 0 Å². The quantitative estimate of drug-likeness (QED) is 0.721. The van der Waals surface area contributed by atoms with Crippen molar-refractivity contribution in [3.8, 4) is 0 Å². The number of hydrogen-bond donors (Lipinski definition) is 2. The third-order valence-corrected chi connectivity index (χ3v) is 7.15. The first-order valence-corrected chi connectivity index (χ1v) is 8.41. The predicted molar refractivity (Wildman–Crippen MR) is 84.1 cm³/mol. The van der Waals surface area contributed by atoms with Crippen LogP contribution in [0.1, 0.15) is 39.5 Å². The van der Waals surface area contributed by atoms with Gasteiger partial charge in [-0.1, -0.05) is 26.0 Å². The van der Waals surface area contributed by atoms with Gasteiger partial charge in [0.05, 0.1) is 6.10 Å². The smallest absolute Gasteiger partial charge is 0.220 e. The molecule has 0 amide bonds. The Morgan fingerprint density at radius 1 is 1.18 bits per heavy atom. The third kappa shape index (κ3) is 1.63. The SMILES string of the molecule is C[C@]12CC[C@H]3[C@@H](C=CC4=CC(=O)C(O)=C[C@@]43C)[C@@H]1CC[C@@H]2O. The number of fused-ring (bicyclic) bond motifs is 5. The van der Waals surface area contributed by atoms with Crippen LogP contribution in [-0.4, -0.2) is 22.1 Å². The highest BCUT2D eigenvalue weighted by Gasteiger charge is 2.57. The standard InChI is InChI=1S/C19H24O3/c1-18-8-7-14-12(13(18)5-6-17(18)22)4-3-11-9-15(20)16(21)10-19(11,14)2/h3-4,9-10,12-14,17,21-22H,5-8H2,1-2H3/t12-,13-,14-,17-,18-,19-/m0/s1. The summed E-state index contributed by atoms with van der Waals surface area (Å²) in [4.78, 5) is 11.8. The zero-order valence-electron chi connectivity index (χ0n) is 13.2. The molecule has 0 radical (unpaired) electrons. The highest BCUT2D eigenvalue weighted by atomic mass is 16.3. The molecule has 0 spiro atoms. The maximum absolute atomic E-state index is 11.8. The Balaban J connectivity index is 1.78. The molecule has 4 aliphatic carbocycles. The average molecular weight is 300 g/mol. The lowest BCUT2D eigenvalue weighted by Gasteiger charge is -2.54. The van der Waals surface area contributed by atoms with Gasteiger partial charge in [-0.25, -0.2) is 0 Å². The van der Waals surface area contributed by atoms with E-state index in [-0.39, 0.29) is 28.5 Å². The minimum Gasteiger partial charge on any atom is -0.504 e. The Hall–Kier alpha value is -1.35. The van der Waals surface area contributed by atoms with Crippen molar-refractivity contribution in [3.05, 3.63) is 35.6 Å². The lowest BCUT2D eigenvalue weighted by atomic mass is 9.50. The lowest BCUT2D eigenvalue weighted by molar-refractivity contribution is -0.114. The predicted octanol–water partition coefficient (Wildman–Crippen LogP) is 3.32. The molecule has 6 atom stereocenters. The molecule has 0 unspecified atom stereocenters. The van der Waals surface area contributed by atoms with Crippen molar-refractivity contribution in [3.63, 3.8) is 0 Å². The van der Waals surface area contributed by atoms with E-state index in [4.69, 9.17) is 0 Å². The summed E-state index contributed by atoms with van der Waals surface area (Å²) in [5.41, 5.74) is 0.796. The molecule has 0 aromatic rings. The fraction of sp³-hybridized carbons (Fsp3) is 0.632. The molecule has 0 heterocycles. The summed E-state index contributed by atoms with van der Waals surface area (Å²) in [5, 5.41) is 20.4. The van der Waals surface area contributed by atoms with Gasteiger partial charge in [-0.3, -0.25) is 4.79 Å². The molecule has 4 rings (SSSR count). The van der Waals surface area contributed by atoms with Crippen LogP contribution in [0.2, 0.25) is 0 Å². The Kier molecular flexibility index (Phi) is 2.82. The molecule has 0 aromatic heterocycles. The number of hydrogen-bond acceptors (Lipinski definition) is 3. The van der Waals surface area contributed by atoms with Crippen LogP contribution in [0.15, 0.2) is 35.6 Å². The highest BCUT2D eigenvalue weighted by molar-refractivity contribution is 6.04. The minimum atomic E-state index is -0.285. The second kappa shape index (κ2) is 4.35. The van der Waals surface area contributed by atoms with Crippen LogP contribution in [0.4, 0.5) is 0 Å². The first-order valence-electron chi connectivity index (χ1n) is 8.41. The van der Waals surface area contributed by atoms with Gasteiger partial charge in [0.2, 0.25) is 5.78 Å². The Labute approximate surface area is 131 Å². The molecular formula is C19H24O3. The van der Waals surface area contributed by atoms with Gasteiger partial charge < -0.3 is 10.2 Å². The summed E-state index contributed by atoms with van der Waals surface area (Å²) in [5.74, 6) is 0.939. The lowest BCUT2D eigenvalue weighted by Crippen LogP contribution is -2.49. The largest absolute Gasteiger partial charge is 0.504 e. The van der Waals surface area contributed by atoms with E-state index < -0.39 is 0 Å². The third-order valence-electron chi connectivity index (χ3n) is 7.15. The molecule has 2 saturated carbocycles. The summed E-state index contributed by atoms with van der Waals surface area (Å²) in [6.07, 6.45) is 11.6. The molecule has 0 saturated heterocycles. The number of carbonyl (C=O) groups is 1. The van der Waals surface area contributed by atoms with Crippen LogP contribution in [0, 0.1) is 28.6 Å². The van der Waals surface area contributed by atoms with Crippen molar-refractivity contribution in [1.29, 1.82) is 0 Å². The van der Waals surface area contributed by atoms with Gasteiger partial charge in [-0.05, 0) is 66.6 Å². The number of allylic oxidation sites excluding steroid dienone is 5. The molecule has 2 N–H and O–H groups in total. The number of carbonyl (C=O) groups excluding carboxylic acids is 1. The molecule has 3 nitrogen and oxygen atoms in total. The first-order chi connectivity index (χ1) is 10.4. The van der Waals surface area contributed by atoms with Crippen LogP contribution >= 0.6 is 0 Å². The van der Waals surface area contributed by atoms with E-state index in [2.05, 4.69) is 26.0 Å². The molecule has 3 heteroatoms. The van der Waals surface area contributed by atoms with Crippen molar-refractivity contribution in [2.24, 2.45) is 28.6 Å². The Bertz CT molecular complexity index is 629. The highest BCUT2D eigenvalue weighted by Crippen LogP contribution is 2.62. The van der Waals surface area contributed by atoms with E-state index in [9.17, 15) is 15.0 Å². The molecular weight excluding hydrogens is 276 g/mol. The normalized spacial score (nSPS) is 49.9. The second-order valence-corrected chi connectivity index (χ2v) is 8.06. The van der Waals surface area contributed by atoms with Crippen molar-refractivity contribution in [2.45, 2.75) is 45.6 Å². The summed E-state index contributed by atoms with van der Waals surface area (Å²) in [6.45, 7) is 4.39. The van der Waals surface area contributed by atoms with Crippen molar-refractivity contribution in [1.82, 2.24) is 0 Å². The van der Waals surface area contributed by atoms with Crippen LogP contribution in [0.3, 0.4) is 0 Å². The van der Waals surface area contributed by atoms with Gasteiger partial charge in [0, 0.05) is 5.41 Å². The molecule has 2 fully saturated rings. The molecule has 0 aromatic carbocycles. The van der Waals surface area contributed by atoms with E-state index >= 15 is 0 Å². The first kappa shape index (κ1) is 14.3. The van der Waals surface area contributed by atoms with E-state index in [1.807, 2.05) is 0 Å². The second-order valence-electron chi connectivity index (χ2n) is 8.06. The molecule has 4 aliphatic rings. The van der Waals surface area contributed by atoms with Crippen molar-refractivity contribution >= 4 is 5.78 Å². The molecule has 0 aliphatic heterocycles. The fourth-order valence-electron chi connectivity index (χ4n) is 5.71. The van der Waals surface area contributed by atoms with Crippen molar-refractivity contribution < 1.29 is 15.0 Å².